The van der Waals surface area contributed by atoms with E-state index in [1.165, 1.54) is 9.80 Å². The van der Waals surface area contributed by atoms with Crippen LogP contribution in [0.2, 0.25) is 0 Å². The molecule has 4 aliphatic heterocycles. The van der Waals surface area contributed by atoms with E-state index in [0.717, 1.165) is 0 Å². The number of hydrogen-bond donors (Lipinski definition) is 3. The number of alkyl halides is 1. The Morgan fingerprint density at radius 3 is 2.61 bits per heavy atom. The number of anilines is 2. The molecule has 4 aliphatic rings. The molecule has 0 radical (unpaired) electrons. The monoisotopic (exact) mass is 531 g/mol. The zero-order valence-electron chi connectivity index (χ0n) is 20.6. The number of benzene rings is 1. The summed E-state index contributed by atoms with van der Waals surface area (Å²) in [5.74, 6) is -1.51. The molecule has 0 saturated carbocycles. The molecule has 3 fully saturated rings. The Kier molecular flexibility index (Phi) is 5.57. The maximum atomic E-state index is 15.8. The lowest BCUT2D eigenvalue weighted by molar-refractivity contribution is -0.159. The zero-order chi connectivity index (χ0) is 26.9. The molecular weight excluding hydrogens is 505 g/mol. The first-order valence-corrected chi connectivity index (χ1v) is 12.4. The van der Waals surface area contributed by atoms with Crippen LogP contribution in [0, 0.1) is 5.41 Å². The second kappa shape index (κ2) is 8.63. The van der Waals surface area contributed by atoms with E-state index < -0.39 is 53.9 Å². The molecule has 1 aromatic carbocycles. The van der Waals surface area contributed by atoms with Gasteiger partial charge in [-0.15, -0.1) is 0 Å². The predicted molar refractivity (Wildman–Crippen MR) is 127 cm³/mol. The number of imide groups is 2. The van der Waals surface area contributed by atoms with Gasteiger partial charge in [-0.05, 0) is 44.7 Å². The van der Waals surface area contributed by atoms with Crippen LogP contribution in [0.4, 0.5) is 25.5 Å². The van der Waals surface area contributed by atoms with Crippen molar-refractivity contribution in [2.75, 3.05) is 23.0 Å². The lowest BCUT2D eigenvalue weighted by Gasteiger charge is -2.56. The van der Waals surface area contributed by atoms with Crippen molar-refractivity contribution >= 4 is 46.4 Å². The highest BCUT2D eigenvalue weighted by molar-refractivity contribution is 6.20. The largest absolute Gasteiger partial charge is 0.447 e. The number of cyclic esters (lactones) is 1. The Bertz CT molecular complexity index is 1340. The van der Waals surface area contributed by atoms with E-state index in [0.29, 0.717) is 29.5 Å². The third kappa shape index (κ3) is 3.32. The number of morpholine rings is 1. The van der Waals surface area contributed by atoms with Crippen LogP contribution < -0.4 is 20.4 Å². The van der Waals surface area contributed by atoms with Crippen molar-refractivity contribution in [1.29, 1.82) is 0 Å². The molecule has 5 amide bonds. The number of amides is 5. The minimum absolute atomic E-state index is 0.0533. The van der Waals surface area contributed by atoms with Crippen LogP contribution in [-0.4, -0.2) is 78.0 Å². The van der Waals surface area contributed by atoms with Crippen LogP contribution in [0.5, 0.6) is 0 Å². The van der Waals surface area contributed by atoms with Crippen LogP contribution in [0.25, 0.3) is 11.0 Å². The number of carbonyl (C=O) groups is 4. The van der Waals surface area contributed by atoms with Crippen molar-refractivity contribution in [3.8, 4) is 0 Å². The van der Waals surface area contributed by atoms with Gasteiger partial charge in [-0.3, -0.25) is 25.1 Å². The van der Waals surface area contributed by atoms with Crippen molar-refractivity contribution in [2.45, 2.75) is 63.7 Å². The van der Waals surface area contributed by atoms with Gasteiger partial charge in [0.1, 0.15) is 12.7 Å². The smallest absolute Gasteiger partial charge is 0.416 e. The highest BCUT2D eigenvalue weighted by Gasteiger charge is 2.64. The lowest BCUT2D eigenvalue weighted by atomic mass is 9.66. The summed E-state index contributed by atoms with van der Waals surface area (Å²) in [6, 6.07) is 0.803. The molecule has 0 aliphatic carbocycles. The molecule has 2 aromatic rings. The molecule has 13 nitrogen and oxygen atoms in total. The lowest BCUT2D eigenvalue weighted by Crippen LogP contribution is -2.76. The van der Waals surface area contributed by atoms with Gasteiger partial charge in [-0.1, -0.05) is 5.16 Å². The third-order valence-electron chi connectivity index (χ3n) is 7.88. The van der Waals surface area contributed by atoms with Gasteiger partial charge in [0.25, 0.3) is 0 Å². The van der Waals surface area contributed by atoms with Gasteiger partial charge < -0.3 is 24.0 Å². The Hall–Kier alpha value is -3.78. The van der Waals surface area contributed by atoms with Gasteiger partial charge in [-0.25, -0.2) is 14.0 Å². The first kappa shape index (κ1) is 24.6. The van der Waals surface area contributed by atoms with Crippen LogP contribution in [0.15, 0.2) is 16.7 Å². The van der Waals surface area contributed by atoms with Crippen molar-refractivity contribution in [1.82, 2.24) is 15.8 Å². The molecule has 5 heterocycles. The quantitative estimate of drug-likeness (QED) is 0.385. The maximum absolute atomic E-state index is 15.8. The standard InChI is InChI=1S/C24H26FN5O8/c1-10-17-24(20(32)26-22(34)27-21(24)33)8-12-6-14-16(7-15(12)30(17)18(25)11(2)37-10)38-28-19(14)29-13(4-3-5-31)9-36-23(29)35/h6-7,10-11,13,17-18,31H,3-5,8-9H2,1-2H3,(H2,26,27,32,33,34)/t10?,11?,13-,17?,18?/m0/s1. The number of aliphatic hydroxyl groups is 1. The number of hydrogen-bond acceptors (Lipinski definition) is 10. The van der Waals surface area contributed by atoms with Crippen LogP contribution in [0.1, 0.15) is 32.3 Å². The van der Waals surface area contributed by atoms with E-state index in [-0.39, 0.29) is 37.1 Å². The summed E-state index contributed by atoms with van der Waals surface area (Å²) < 4.78 is 32.4. The summed E-state index contributed by atoms with van der Waals surface area (Å²) in [6.07, 6.45) is -3.23. The molecule has 202 valence electrons. The molecule has 5 atom stereocenters. The molecule has 1 aromatic heterocycles. The molecular formula is C24H26FN5O8. The number of aliphatic hydroxyl groups excluding tert-OH is 1. The average molecular weight is 531 g/mol. The fraction of sp³-hybridized carbons (Fsp3) is 0.542. The van der Waals surface area contributed by atoms with Gasteiger partial charge in [0.15, 0.2) is 23.1 Å². The SMILES string of the molecule is CC1OC(C)C2N(c3cc4onc(N5C(=O)OC[C@@H]5CCCO)c4cc3CC23C(=O)NC(=O)NC3=O)C1F. The number of nitrogens with one attached hydrogen (secondary N) is 2. The third-order valence-corrected chi connectivity index (χ3v) is 7.88. The summed E-state index contributed by atoms with van der Waals surface area (Å²) in [6.45, 7) is 3.27. The first-order valence-electron chi connectivity index (χ1n) is 12.4. The van der Waals surface area contributed by atoms with Gasteiger partial charge in [-0.2, -0.15) is 0 Å². The molecule has 4 unspecified atom stereocenters. The van der Waals surface area contributed by atoms with E-state index in [1.807, 2.05) is 0 Å². The molecule has 1 spiro atoms. The number of urea groups is 1. The van der Waals surface area contributed by atoms with E-state index >= 15 is 4.39 Å². The highest BCUT2D eigenvalue weighted by atomic mass is 19.1. The first-order chi connectivity index (χ1) is 18.2. The van der Waals surface area contributed by atoms with Gasteiger partial charge in [0.2, 0.25) is 11.8 Å². The summed E-state index contributed by atoms with van der Waals surface area (Å²) in [5.41, 5.74) is -0.780. The minimum Gasteiger partial charge on any atom is -0.447 e. The maximum Gasteiger partial charge on any atom is 0.416 e. The normalized spacial score (nSPS) is 30.3. The molecule has 6 rings (SSSR count). The fourth-order valence-corrected chi connectivity index (χ4v) is 6.22. The Balaban J connectivity index is 1.51. The molecule has 0 bridgehead atoms. The highest BCUT2D eigenvalue weighted by Crippen LogP contribution is 2.50. The van der Waals surface area contributed by atoms with Crippen molar-refractivity contribution < 1.29 is 42.7 Å². The summed E-state index contributed by atoms with van der Waals surface area (Å²) in [7, 11) is 0. The van der Waals surface area contributed by atoms with Crippen molar-refractivity contribution in [3.05, 3.63) is 17.7 Å². The van der Waals surface area contributed by atoms with E-state index in [4.69, 9.17) is 14.0 Å². The van der Waals surface area contributed by atoms with Crippen LogP contribution >= 0.6 is 0 Å². The number of barbiturate groups is 1. The van der Waals surface area contributed by atoms with E-state index in [1.54, 1.807) is 26.0 Å². The molecule has 38 heavy (non-hydrogen) atoms. The van der Waals surface area contributed by atoms with E-state index in [9.17, 15) is 24.3 Å². The van der Waals surface area contributed by atoms with Crippen molar-refractivity contribution in [2.24, 2.45) is 5.41 Å². The van der Waals surface area contributed by atoms with Gasteiger partial charge in [0, 0.05) is 18.4 Å². The van der Waals surface area contributed by atoms with Gasteiger partial charge >= 0.3 is 12.1 Å². The van der Waals surface area contributed by atoms with Crippen molar-refractivity contribution in [3.63, 3.8) is 0 Å². The number of carbonyl (C=O) groups excluding carboxylic acids is 4. The second-order valence-corrected chi connectivity index (χ2v) is 10.1. The van der Waals surface area contributed by atoms with Gasteiger partial charge in [0.05, 0.1) is 23.6 Å². The average Bonchev–Trinajstić information content (AvgIpc) is 3.44. The topological polar surface area (TPSA) is 164 Å². The summed E-state index contributed by atoms with van der Waals surface area (Å²) in [5, 5.41) is 18.1. The Morgan fingerprint density at radius 1 is 1.16 bits per heavy atom. The molecule has 3 N–H and O–H groups in total. The minimum atomic E-state index is -1.87. The zero-order valence-corrected chi connectivity index (χ0v) is 20.6. The fourth-order valence-electron chi connectivity index (χ4n) is 6.22. The Labute approximate surface area is 215 Å². The predicted octanol–water partition coefficient (Wildman–Crippen LogP) is 1.11. The second-order valence-electron chi connectivity index (χ2n) is 10.1. The Morgan fingerprint density at radius 2 is 1.89 bits per heavy atom. The number of nitrogens with zero attached hydrogens (tertiary/aromatic N) is 3. The number of aromatic nitrogens is 1. The number of fused-ring (bicyclic) bond motifs is 5. The number of rotatable bonds is 4. The number of halogens is 1. The molecule has 14 heteroatoms. The molecule has 3 saturated heterocycles. The number of ether oxygens (including phenoxy) is 2. The summed E-state index contributed by atoms with van der Waals surface area (Å²) >= 11 is 0. The van der Waals surface area contributed by atoms with E-state index in [2.05, 4.69) is 15.8 Å². The van der Waals surface area contributed by atoms with Crippen LogP contribution in [-0.2, 0) is 25.5 Å². The van der Waals surface area contributed by atoms with Crippen LogP contribution in [0.3, 0.4) is 0 Å². The summed E-state index contributed by atoms with van der Waals surface area (Å²) in [4.78, 5) is 53.9.